The summed E-state index contributed by atoms with van der Waals surface area (Å²) >= 11 is 0. The zero-order chi connectivity index (χ0) is 31.5. The van der Waals surface area contributed by atoms with Gasteiger partial charge in [0.15, 0.2) is 5.82 Å². The van der Waals surface area contributed by atoms with E-state index in [1.54, 1.807) is 6.20 Å². The topological polar surface area (TPSA) is 38.7 Å². The molecule has 9 rings (SSSR count). The van der Waals surface area contributed by atoms with Crippen LogP contribution in [0.3, 0.4) is 0 Å². The summed E-state index contributed by atoms with van der Waals surface area (Å²) in [5.74, 6) is 0.698. The standard InChI is InChI=1S/C44H31N3/c1-44(2)37-20-10-19-35(42(37)41-31-16-7-6-12-28(31)21-24-38(41)44)34-22-23-36(33-18-9-8-17-32(33)34)43-46-39(29-13-4-3-5-14-29)26-40(47-43)30-15-11-25-45-27-30/h3-27H,1-2H3. The molecule has 0 spiro atoms. The largest absolute Gasteiger partial charge is 0.264 e. The molecule has 3 heteroatoms. The summed E-state index contributed by atoms with van der Waals surface area (Å²) in [7, 11) is 0. The molecule has 0 radical (unpaired) electrons. The van der Waals surface area contributed by atoms with Gasteiger partial charge in [-0.15, -0.1) is 0 Å². The van der Waals surface area contributed by atoms with Gasteiger partial charge in [-0.3, -0.25) is 4.98 Å². The van der Waals surface area contributed by atoms with E-state index in [-0.39, 0.29) is 5.41 Å². The van der Waals surface area contributed by atoms with Crippen LogP contribution in [0.4, 0.5) is 0 Å². The summed E-state index contributed by atoms with van der Waals surface area (Å²) in [6, 6.07) is 49.7. The van der Waals surface area contributed by atoms with Crippen LogP contribution in [0.25, 0.3) is 77.7 Å². The Morgan fingerprint density at radius 3 is 1.91 bits per heavy atom. The molecule has 1 aliphatic rings. The molecule has 2 heterocycles. The Kier molecular flexibility index (Phi) is 6.16. The highest BCUT2D eigenvalue weighted by molar-refractivity contribution is 6.11. The van der Waals surface area contributed by atoms with E-state index >= 15 is 0 Å². The second kappa shape index (κ2) is 10.6. The monoisotopic (exact) mass is 601 g/mol. The third-order valence-corrected chi connectivity index (χ3v) is 9.80. The first kappa shape index (κ1) is 27.4. The van der Waals surface area contributed by atoms with E-state index in [0.29, 0.717) is 5.82 Å². The van der Waals surface area contributed by atoms with Gasteiger partial charge in [0.1, 0.15) is 0 Å². The third-order valence-electron chi connectivity index (χ3n) is 9.80. The molecular weight excluding hydrogens is 571 g/mol. The number of pyridine rings is 1. The van der Waals surface area contributed by atoms with E-state index in [1.165, 1.54) is 49.5 Å². The molecule has 0 atom stereocenters. The van der Waals surface area contributed by atoms with Crippen molar-refractivity contribution in [2.45, 2.75) is 19.3 Å². The van der Waals surface area contributed by atoms with Gasteiger partial charge in [0.25, 0.3) is 0 Å². The number of hydrogen-bond acceptors (Lipinski definition) is 3. The van der Waals surface area contributed by atoms with E-state index in [1.807, 2.05) is 36.5 Å². The third kappa shape index (κ3) is 4.31. The number of rotatable bonds is 4. The van der Waals surface area contributed by atoms with Crippen molar-refractivity contribution in [2.75, 3.05) is 0 Å². The molecule has 8 aromatic rings. The van der Waals surface area contributed by atoms with Gasteiger partial charge in [-0.1, -0.05) is 129 Å². The van der Waals surface area contributed by atoms with Crippen LogP contribution in [0.15, 0.2) is 152 Å². The second-order valence-corrected chi connectivity index (χ2v) is 12.8. The fourth-order valence-electron chi connectivity index (χ4n) is 7.49. The average Bonchev–Trinajstić information content (AvgIpc) is 3.38. The highest BCUT2D eigenvalue weighted by Gasteiger charge is 2.38. The lowest BCUT2D eigenvalue weighted by molar-refractivity contribution is 0.661. The van der Waals surface area contributed by atoms with Crippen LogP contribution in [-0.2, 0) is 5.41 Å². The molecule has 0 fully saturated rings. The van der Waals surface area contributed by atoms with E-state index < -0.39 is 0 Å². The number of aromatic nitrogens is 3. The maximum atomic E-state index is 5.16. The molecule has 1 aliphatic carbocycles. The quantitative estimate of drug-likeness (QED) is 0.201. The number of hydrogen-bond donors (Lipinski definition) is 0. The number of benzene rings is 6. The smallest absolute Gasteiger partial charge is 0.161 e. The highest BCUT2D eigenvalue weighted by Crippen LogP contribution is 2.55. The van der Waals surface area contributed by atoms with Gasteiger partial charge in [0.05, 0.1) is 11.4 Å². The van der Waals surface area contributed by atoms with Crippen molar-refractivity contribution >= 4 is 21.5 Å². The van der Waals surface area contributed by atoms with Crippen LogP contribution in [0.2, 0.25) is 0 Å². The first-order valence-corrected chi connectivity index (χ1v) is 16.1. The SMILES string of the molecule is CC1(C)c2cccc(-c3ccc(-c4nc(-c5ccccc5)cc(-c5cccnc5)n4)c4ccccc34)c2-c2c1ccc1ccccc21. The van der Waals surface area contributed by atoms with E-state index in [0.717, 1.165) is 33.5 Å². The van der Waals surface area contributed by atoms with Crippen LogP contribution >= 0.6 is 0 Å². The van der Waals surface area contributed by atoms with Crippen LogP contribution in [0.5, 0.6) is 0 Å². The van der Waals surface area contributed by atoms with Gasteiger partial charge in [-0.2, -0.15) is 0 Å². The van der Waals surface area contributed by atoms with Crippen LogP contribution < -0.4 is 0 Å². The Morgan fingerprint density at radius 1 is 0.468 bits per heavy atom. The van der Waals surface area contributed by atoms with Crippen molar-refractivity contribution in [3.05, 3.63) is 163 Å². The first-order valence-electron chi connectivity index (χ1n) is 16.1. The fraction of sp³-hybridized carbons (Fsp3) is 0.0682. The Hall–Kier alpha value is -5.93. The Morgan fingerprint density at radius 2 is 1.13 bits per heavy atom. The molecule has 2 aromatic heterocycles. The zero-order valence-electron chi connectivity index (χ0n) is 26.3. The van der Waals surface area contributed by atoms with Crippen molar-refractivity contribution < 1.29 is 0 Å². The summed E-state index contributed by atoms with van der Waals surface area (Å²) in [4.78, 5) is 14.7. The predicted octanol–water partition coefficient (Wildman–Crippen LogP) is 11.2. The predicted molar refractivity (Wildman–Crippen MR) is 194 cm³/mol. The molecule has 0 aliphatic heterocycles. The van der Waals surface area contributed by atoms with Gasteiger partial charge < -0.3 is 0 Å². The van der Waals surface area contributed by atoms with Crippen molar-refractivity contribution in [1.29, 1.82) is 0 Å². The van der Waals surface area contributed by atoms with E-state index in [2.05, 4.69) is 128 Å². The van der Waals surface area contributed by atoms with Gasteiger partial charge in [0.2, 0.25) is 0 Å². The summed E-state index contributed by atoms with van der Waals surface area (Å²) in [5.41, 5.74) is 12.6. The molecule has 0 saturated carbocycles. The number of fused-ring (bicyclic) bond motifs is 6. The minimum atomic E-state index is -0.102. The molecule has 222 valence electrons. The molecule has 0 bridgehead atoms. The van der Waals surface area contributed by atoms with Gasteiger partial charge >= 0.3 is 0 Å². The fourth-order valence-corrected chi connectivity index (χ4v) is 7.49. The van der Waals surface area contributed by atoms with Crippen LogP contribution in [0.1, 0.15) is 25.0 Å². The van der Waals surface area contributed by atoms with Crippen molar-refractivity contribution in [3.63, 3.8) is 0 Å². The second-order valence-electron chi connectivity index (χ2n) is 12.8. The number of nitrogens with zero attached hydrogens (tertiary/aromatic N) is 3. The summed E-state index contributed by atoms with van der Waals surface area (Å²) in [6.07, 6.45) is 3.65. The van der Waals surface area contributed by atoms with Gasteiger partial charge in [-0.05, 0) is 79.2 Å². The molecular formula is C44H31N3. The minimum absolute atomic E-state index is 0.102. The summed E-state index contributed by atoms with van der Waals surface area (Å²) < 4.78 is 0. The minimum Gasteiger partial charge on any atom is -0.264 e. The molecule has 0 amide bonds. The summed E-state index contributed by atoms with van der Waals surface area (Å²) in [6.45, 7) is 4.71. The van der Waals surface area contributed by atoms with Gasteiger partial charge in [0, 0.05) is 34.5 Å². The van der Waals surface area contributed by atoms with Gasteiger partial charge in [-0.25, -0.2) is 9.97 Å². The lowest BCUT2D eigenvalue weighted by atomic mass is 9.81. The maximum Gasteiger partial charge on any atom is 0.161 e. The Labute approximate surface area is 274 Å². The molecule has 0 saturated heterocycles. The lowest BCUT2D eigenvalue weighted by Crippen LogP contribution is -2.14. The van der Waals surface area contributed by atoms with E-state index in [9.17, 15) is 0 Å². The van der Waals surface area contributed by atoms with Crippen molar-refractivity contribution in [2.24, 2.45) is 0 Å². The first-order chi connectivity index (χ1) is 23.1. The maximum absolute atomic E-state index is 5.16. The van der Waals surface area contributed by atoms with Crippen LogP contribution in [0, 0.1) is 0 Å². The summed E-state index contributed by atoms with van der Waals surface area (Å²) in [5, 5.41) is 4.88. The Bertz CT molecular complexity index is 2420. The van der Waals surface area contributed by atoms with Crippen molar-refractivity contribution in [3.8, 4) is 56.2 Å². The van der Waals surface area contributed by atoms with Crippen LogP contribution in [-0.4, -0.2) is 15.0 Å². The zero-order valence-corrected chi connectivity index (χ0v) is 26.3. The normalized spacial score (nSPS) is 13.1. The molecule has 47 heavy (non-hydrogen) atoms. The lowest BCUT2D eigenvalue weighted by Gasteiger charge is -2.22. The molecule has 3 nitrogen and oxygen atoms in total. The highest BCUT2D eigenvalue weighted by atomic mass is 14.9. The molecule has 0 N–H and O–H groups in total. The Balaban J connectivity index is 1.29. The van der Waals surface area contributed by atoms with E-state index in [4.69, 9.17) is 9.97 Å². The van der Waals surface area contributed by atoms with Crippen molar-refractivity contribution in [1.82, 2.24) is 15.0 Å². The average molecular weight is 602 g/mol. The molecule has 6 aromatic carbocycles. The molecule has 0 unspecified atom stereocenters.